The second-order valence-corrected chi connectivity index (χ2v) is 10.4. The monoisotopic (exact) mass is 537 g/mol. The van der Waals surface area contributed by atoms with Gasteiger partial charge in [0, 0.05) is 35.2 Å². The molecule has 1 N–H and O–H groups in total. The molecule has 39 heavy (non-hydrogen) atoms. The molecule has 2 aromatic heterocycles. The van der Waals surface area contributed by atoms with Crippen molar-refractivity contribution in [3.05, 3.63) is 118 Å². The summed E-state index contributed by atoms with van der Waals surface area (Å²) in [5, 5.41) is 21.8. The molecule has 1 aliphatic rings. The van der Waals surface area contributed by atoms with Gasteiger partial charge < -0.3 is 9.72 Å². The predicted octanol–water partition coefficient (Wildman–Crippen LogP) is 7.35. The van der Waals surface area contributed by atoms with E-state index in [1.54, 1.807) is 23.9 Å². The van der Waals surface area contributed by atoms with E-state index < -0.39 is 0 Å². The first-order chi connectivity index (χ1) is 19.2. The summed E-state index contributed by atoms with van der Waals surface area (Å²) >= 11 is 1.56. The Bertz CT molecular complexity index is 1630. The third-order valence-corrected chi connectivity index (χ3v) is 8.00. The summed E-state index contributed by atoms with van der Waals surface area (Å²) in [4.78, 5) is 13.9. The predicted molar refractivity (Wildman–Crippen MR) is 152 cm³/mol. The maximum Gasteiger partial charge on any atom is 0.271 e. The number of para-hydroxylation sites is 1. The standard InChI is InChI=1S/C30H27N5O3S/c36-35(37)25-13-16-27-23(18-31-28(27)17-25)20-39-30-33-32-29(34(30)24-9-5-2-6-10-24)19-38-26-14-11-22(12-15-26)21-7-3-1-4-8-21/h1-3,5-6,9-18,21,31H,4,7-8,19-20H2/t21-/m1/s1. The van der Waals surface area contributed by atoms with Crippen molar-refractivity contribution in [3.8, 4) is 11.4 Å². The molecule has 0 saturated heterocycles. The lowest BCUT2D eigenvalue weighted by atomic mass is 9.88. The molecule has 8 nitrogen and oxygen atoms in total. The number of thioether (sulfide) groups is 1. The zero-order valence-corrected chi connectivity index (χ0v) is 22.0. The average molecular weight is 538 g/mol. The third kappa shape index (κ3) is 5.44. The molecule has 0 saturated carbocycles. The van der Waals surface area contributed by atoms with E-state index in [4.69, 9.17) is 4.74 Å². The van der Waals surface area contributed by atoms with Crippen molar-refractivity contribution in [2.24, 2.45) is 0 Å². The number of H-pyrrole nitrogens is 1. The molecule has 2 heterocycles. The van der Waals surface area contributed by atoms with Gasteiger partial charge in [-0.1, -0.05) is 54.2 Å². The molecule has 0 unspecified atom stereocenters. The highest BCUT2D eigenvalue weighted by atomic mass is 32.2. The number of nitrogens with one attached hydrogen (secondary N) is 1. The largest absolute Gasteiger partial charge is 0.486 e. The molecule has 1 aliphatic carbocycles. The molecule has 1 atom stereocenters. The van der Waals surface area contributed by atoms with Crippen LogP contribution in [0, 0.1) is 10.1 Å². The fourth-order valence-corrected chi connectivity index (χ4v) is 5.92. The first-order valence-corrected chi connectivity index (χ1v) is 13.9. The van der Waals surface area contributed by atoms with E-state index in [2.05, 4.69) is 39.5 Å². The van der Waals surface area contributed by atoms with Crippen LogP contribution < -0.4 is 4.74 Å². The second-order valence-electron chi connectivity index (χ2n) is 9.50. The number of aromatic nitrogens is 4. The van der Waals surface area contributed by atoms with Crippen LogP contribution in [0.15, 0.2) is 96.3 Å². The minimum atomic E-state index is -0.386. The maximum atomic E-state index is 11.1. The highest BCUT2D eigenvalue weighted by Crippen LogP contribution is 2.32. The Labute approximate surface area is 229 Å². The van der Waals surface area contributed by atoms with E-state index in [9.17, 15) is 10.1 Å². The number of non-ortho nitro benzene ring substituents is 1. The van der Waals surface area contributed by atoms with Crippen molar-refractivity contribution < 1.29 is 9.66 Å². The van der Waals surface area contributed by atoms with Crippen molar-refractivity contribution in [3.63, 3.8) is 0 Å². The number of allylic oxidation sites excluding steroid dienone is 2. The first kappa shape index (κ1) is 24.9. The number of nitro benzene ring substituents is 1. The van der Waals surface area contributed by atoms with E-state index in [1.807, 2.05) is 53.2 Å². The van der Waals surface area contributed by atoms with E-state index in [0.29, 0.717) is 17.5 Å². The summed E-state index contributed by atoms with van der Waals surface area (Å²) in [5.41, 5.74) is 4.16. The molecule has 5 aromatic rings. The van der Waals surface area contributed by atoms with Crippen LogP contribution in [-0.2, 0) is 12.4 Å². The van der Waals surface area contributed by atoms with Gasteiger partial charge in [0.2, 0.25) is 0 Å². The highest BCUT2D eigenvalue weighted by molar-refractivity contribution is 7.98. The van der Waals surface area contributed by atoms with Crippen molar-refractivity contribution in [2.45, 2.75) is 42.7 Å². The van der Waals surface area contributed by atoms with E-state index >= 15 is 0 Å². The fourth-order valence-electron chi connectivity index (χ4n) is 4.95. The van der Waals surface area contributed by atoms with Gasteiger partial charge in [0.1, 0.15) is 12.4 Å². The summed E-state index contributed by atoms with van der Waals surface area (Å²) in [6.07, 6.45) is 9.85. The molecule has 0 radical (unpaired) electrons. The van der Waals surface area contributed by atoms with Crippen LogP contribution in [0.3, 0.4) is 0 Å². The number of nitrogens with zero attached hydrogens (tertiary/aromatic N) is 4. The van der Waals surface area contributed by atoms with Gasteiger partial charge in [-0.05, 0) is 66.6 Å². The molecular weight excluding hydrogens is 510 g/mol. The highest BCUT2D eigenvalue weighted by Gasteiger charge is 2.17. The summed E-state index contributed by atoms with van der Waals surface area (Å²) in [6, 6.07) is 23.3. The van der Waals surface area contributed by atoms with E-state index in [-0.39, 0.29) is 17.2 Å². The summed E-state index contributed by atoms with van der Waals surface area (Å²) < 4.78 is 8.16. The lowest BCUT2D eigenvalue weighted by Crippen LogP contribution is -2.07. The molecule has 9 heteroatoms. The Kier molecular flexibility index (Phi) is 7.14. The Hall–Kier alpha value is -4.37. The van der Waals surface area contributed by atoms with Crippen molar-refractivity contribution in [2.75, 3.05) is 0 Å². The van der Waals surface area contributed by atoms with Crippen LogP contribution in [0.1, 0.15) is 42.1 Å². The molecule has 0 amide bonds. The van der Waals surface area contributed by atoms with Crippen molar-refractivity contribution in [1.82, 2.24) is 19.7 Å². The molecule has 6 rings (SSSR count). The second kappa shape index (κ2) is 11.2. The maximum absolute atomic E-state index is 11.1. The molecule has 196 valence electrons. The Morgan fingerprint density at radius 3 is 2.67 bits per heavy atom. The number of fused-ring (bicyclic) bond motifs is 1. The van der Waals surface area contributed by atoms with Crippen LogP contribution in [0.5, 0.6) is 5.75 Å². The molecular formula is C30H27N5O3S. The van der Waals surface area contributed by atoms with Crippen LogP contribution in [0.4, 0.5) is 5.69 Å². The topological polar surface area (TPSA) is 98.9 Å². The quantitative estimate of drug-likeness (QED) is 0.0913. The van der Waals surface area contributed by atoms with Crippen LogP contribution in [0.25, 0.3) is 16.6 Å². The summed E-state index contributed by atoms with van der Waals surface area (Å²) in [7, 11) is 0. The minimum Gasteiger partial charge on any atom is -0.486 e. The van der Waals surface area contributed by atoms with E-state index in [1.165, 1.54) is 18.1 Å². The molecule has 0 bridgehead atoms. The minimum absolute atomic E-state index is 0.0674. The number of benzene rings is 3. The van der Waals surface area contributed by atoms with Gasteiger partial charge in [-0.3, -0.25) is 14.7 Å². The van der Waals surface area contributed by atoms with Gasteiger partial charge in [0.05, 0.1) is 10.4 Å². The molecule has 3 aromatic carbocycles. The van der Waals surface area contributed by atoms with E-state index in [0.717, 1.165) is 45.9 Å². The van der Waals surface area contributed by atoms with Gasteiger partial charge in [-0.2, -0.15) is 0 Å². The van der Waals surface area contributed by atoms with Crippen molar-refractivity contribution >= 4 is 28.4 Å². The number of hydrogen-bond acceptors (Lipinski definition) is 6. The first-order valence-electron chi connectivity index (χ1n) is 12.9. The zero-order valence-electron chi connectivity index (χ0n) is 21.2. The smallest absolute Gasteiger partial charge is 0.271 e. The van der Waals surface area contributed by atoms with Crippen LogP contribution in [0.2, 0.25) is 0 Å². The number of ether oxygens (including phenoxy) is 1. The fraction of sp³-hybridized carbons (Fsp3) is 0.200. The van der Waals surface area contributed by atoms with Gasteiger partial charge in [-0.25, -0.2) is 0 Å². The van der Waals surface area contributed by atoms with Crippen LogP contribution >= 0.6 is 11.8 Å². The third-order valence-electron chi connectivity index (χ3n) is 7.02. The summed E-state index contributed by atoms with van der Waals surface area (Å²) in [5.74, 6) is 2.72. The Morgan fingerprint density at radius 1 is 1.05 bits per heavy atom. The van der Waals surface area contributed by atoms with Gasteiger partial charge in [-0.15, -0.1) is 10.2 Å². The number of rotatable bonds is 9. The molecule has 0 aliphatic heterocycles. The molecule has 0 spiro atoms. The average Bonchev–Trinajstić information content (AvgIpc) is 3.59. The number of nitro groups is 1. The lowest BCUT2D eigenvalue weighted by Gasteiger charge is -2.18. The van der Waals surface area contributed by atoms with Crippen LogP contribution in [-0.4, -0.2) is 24.7 Å². The number of hydrogen-bond donors (Lipinski definition) is 1. The van der Waals surface area contributed by atoms with Gasteiger partial charge in [0.15, 0.2) is 11.0 Å². The number of aromatic amines is 1. The normalized spacial score (nSPS) is 15.0. The lowest BCUT2D eigenvalue weighted by molar-refractivity contribution is -0.384. The van der Waals surface area contributed by atoms with Gasteiger partial charge >= 0.3 is 0 Å². The Morgan fingerprint density at radius 2 is 1.90 bits per heavy atom. The SMILES string of the molecule is O=[N+]([O-])c1ccc2c(CSc3nnc(COc4ccc([C@@H]5CC=CCC5)cc4)n3-c3ccccc3)c[nH]c2c1. The van der Waals surface area contributed by atoms with Gasteiger partial charge in [0.25, 0.3) is 5.69 Å². The molecule has 0 fully saturated rings. The van der Waals surface area contributed by atoms with Crippen molar-refractivity contribution in [1.29, 1.82) is 0 Å². The zero-order chi connectivity index (χ0) is 26.6. The Balaban J connectivity index is 1.19. The summed E-state index contributed by atoms with van der Waals surface area (Å²) in [6.45, 7) is 0.282.